The van der Waals surface area contributed by atoms with E-state index in [0.717, 1.165) is 25.9 Å². The lowest BCUT2D eigenvalue weighted by atomic mass is 10.0. The van der Waals surface area contributed by atoms with Crippen LogP contribution in [0, 0.1) is 5.92 Å². The quantitative estimate of drug-likeness (QED) is 0.818. The highest BCUT2D eigenvalue weighted by molar-refractivity contribution is 7.89. The topological polar surface area (TPSA) is 76.7 Å². The number of hydrogen-bond donors (Lipinski definition) is 2. The maximum Gasteiger partial charge on any atom is 0.240 e. The molecule has 1 saturated heterocycles. The van der Waals surface area contributed by atoms with Crippen LogP contribution in [-0.4, -0.2) is 42.3 Å². The van der Waals surface area contributed by atoms with Crippen LogP contribution in [0.5, 0.6) is 11.5 Å². The second kappa shape index (κ2) is 7.11. The Morgan fingerprint density at radius 1 is 1.24 bits per heavy atom. The summed E-state index contributed by atoms with van der Waals surface area (Å²) >= 11 is 0. The zero-order valence-corrected chi connectivity index (χ0v) is 13.2. The molecule has 6 nitrogen and oxygen atoms in total. The zero-order chi connectivity index (χ0) is 15.3. The van der Waals surface area contributed by atoms with Gasteiger partial charge in [0.15, 0.2) is 0 Å². The zero-order valence-electron chi connectivity index (χ0n) is 12.4. The van der Waals surface area contributed by atoms with Gasteiger partial charge in [0.05, 0.1) is 19.1 Å². The van der Waals surface area contributed by atoms with Crippen molar-refractivity contribution in [3.63, 3.8) is 0 Å². The maximum absolute atomic E-state index is 12.4. The molecule has 1 aliphatic heterocycles. The molecule has 1 fully saturated rings. The Kier molecular flexibility index (Phi) is 5.44. The van der Waals surface area contributed by atoms with Crippen LogP contribution in [0.3, 0.4) is 0 Å². The fourth-order valence-electron chi connectivity index (χ4n) is 2.35. The van der Waals surface area contributed by atoms with E-state index in [9.17, 15) is 8.42 Å². The van der Waals surface area contributed by atoms with E-state index < -0.39 is 10.0 Å². The van der Waals surface area contributed by atoms with Crippen molar-refractivity contribution >= 4 is 10.0 Å². The van der Waals surface area contributed by atoms with Crippen LogP contribution in [0.2, 0.25) is 0 Å². The van der Waals surface area contributed by atoms with Gasteiger partial charge in [0.25, 0.3) is 0 Å². The second-order valence-electron chi connectivity index (χ2n) is 5.11. The number of hydrogen-bond acceptors (Lipinski definition) is 5. The molecule has 0 amide bonds. The molecule has 1 aliphatic rings. The van der Waals surface area contributed by atoms with Crippen molar-refractivity contribution in [2.75, 3.05) is 33.9 Å². The fraction of sp³-hybridized carbons (Fsp3) is 0.571. The first kappa shape index (κ1) is 16.1. The van der Waals surface area contributed by atoms with Gasteiger partial charge in [-0.15, -0.1) is 0 Å². The third-order valence-electron chi connectivity index (χ3n) is 3.60. The molecule has 21 heavy (non-hydrogen) atoms. The van der Waals surface area contributed by atoms with Crippen molar-refractivity contribution in [3.8, 4) is 11.5 Å². The van der Waals surface area contributed by atoms with Gasteiger partial charge in [-0.2, -0.15) is 0 Å². The minimum atomic E-state index is -3.56. The van der Waals surface area contributed by atoms with Crippen molar-refractivity contribution in [1.29, 1.82) is 0 Å². The number of sulfonamides is 1. The lowest BCUT2D eigenvalue weighted by Crippen LogP contribution is -2.38. The summed E-state index contributed by atoms with van der Waals surface area (Å²) in [6.45, 7) is 2.30. The summed E-state index contributed by atoms with van der Waals surface area (Å²) in [6, 6.07) is 4.62. The Morgan fingerprint density at radius 3 is 2.43 bits per heavy atom. The number of piperidine rings is 1. The lowest BCUT2D eigenvalue weighted by molar-refractivity contribution is 0.375. The minimum Gasteiger partial charge on any atom is -0.497 e. The van der Waals surface area contributed by atoms with Crippen molar-refractivity contribution in [2.45, 2.75) is 17.7 Å². The predicted octanol–water partition coefficient (Wildman–Crippen LogP) is 0.982. The second-order valence-corrected chi connectivity index (χ2v) is 6.88. The molecule has 118 valence electrons. The number of rotatable bonds is 6. The first-order valence-corrected chi connectivity index (χ1v) is 8.47. The Bertz CT molecular complexity index is 546. The van der Waals surface area contributed by atoms with Crippen LogP contribution in [0.1, 0.15) is 12.8 Å². The summed E-state index contributed by atoms with van der Waals surface area (Å²) in [6.07, 6.45) is 2.12. The monoisotopic (exact) mass is 314 g/mol. The molecule has 0 bridgehead atoms. The van der Waals surface area contributed by atoms with Gasteiger partial charge in [-0.25, -0.2) is 13.1 Å². The number of ether oxygens (including phenoxy) is 2. The average molecular weight is 314 g/mol. The van der Waals surface area contributed by atoms with Crippen molar-refractivity contribution in [1.82, 2.24) is 10.0 Å². The molecule has 2 rings (SSSR count). The standard InChI is InChI=1S/C14H22N2O4S/c1-19-12-6-13(20-2)8-14(7-12)21(17,18)16-10-11-4-3-5-15-9-11/h6-8,11,15-16H,3-5,9-10H2,1-2H3. The van der Waals surface area contributed by atoms with Gasteiger partial charge in [-0.3, -0.25) is 0 Å². The SMILES string of the molecule is COc1cc(OC)cc(S(=O)(=O)NCC2CCCNC2)c1. The highest BCUT2D eigenvalue weighted by Gasteiger charge is 2.20. The van der Waals surface area contributed by atoms with Crippen molar-refractivity contribution in [3.05, 3.63) is 18.2 Å². The highest BCUT2D eigenvalue weighted by atomic mass is 32.2. The van der Waals surface area contributed by atoms with Crippen LogP contribution in [0.15, 0.2) is 23.1 Å². The van der Waals surface area contributed by atoms with Gasteiger partial charge in [0.1, 0.15) is 11.5 Å². The predicted molar refractivity (Wildman–Crippen MR) is 80.3 cm³/mol. The molecule has 1 unspecified atom stereocenters. The smallest absolute Gasteiger partial charge is 0.240 e. The van der Waals surface area contributed by atoms with Crippen LogP contribution in [0.25, 0.3) is 0 Å². The Labute approximate surface area is 125 Å². The summed E-state index contributed by atoms with van der Waals surface area (Å²) in [5.74, 6) is 1.24. The Balaban J connectivity index is 2.10. The maximum atomic E-state index is 12.4. The van der Waals surface area contributed by atoms with Crippen LogP contribution in [-0.2, 0) is 10.0 Å². The van der Waals surface area contributed by atoms with E-state index >= 15 is 0 Å². The van der Waals surface area contributed by atoms with Gasteiger partial charge in [-0.1, -0.05) is 0 Å². The molecule has 0 spiro atoms. The fourth-order valence-corrected chi connectivity index (χ4v) is 3.51. The molecular formula is C14H22N2O4S. The van der Waals surface area contributed by atoms with Crippen molar-refractivity contribution in [2.24, 2.45) is 5.92 Å². The third kappa shape index (κ3) is 4.33. The summed E-state index contributed by atoms with van der Waals surface area (Å²) in [4.78, 5) is 0.155. The van der Waals surface area contributed by atoms with E-state index in [0.29, 0.717) is 24.0 Å². The summed E-state index contributed by atoms with van der Waals surface area (Å²) in [7, 11) is -0.578. The van der Waals surface area contributed by atoms with Gasteiger partial charge >= 0.3 is 0 Å². The highest BCUT2D eigenvalue weighted by Crippen LogP contribution is 2.25. The number of nitrogens with one attached hydrogen (secondary N) is 2. The normalized spacial score (nSPS) is 19.2. The van der Waals surface area contributed by atoms with Gasteiger partial charge in [0, 0.05) is 24.7 Å². The van der Waals surface area contributed by atoms with Gasteiger partial charge in [-0.05, 0) is 31.8 Å². The molecule has 1 aromatic carbocycles. The van der Waals surface area contributed by atoms with Crippen LogP contribution < -0.4 is 19.5 Å². The van der Waals surface area contributed by atoms with Gasteiger partial charge < -0.3 is 14.8 Å². The molecule has 2 N–H and O–H groups in total. The Morgan fingerprint density at radius 2 is 1.90 bits per heavy atom. The molecule has 1 aromatic rings. The molecule has 0 saturated carbocycles. The van der Waals surface area contributed by atoms with E-state index in [-0.39, 0.29) is 4.90 Å². The lowest BCUT2D eigenvalue weighted by Gasteiger charge is -2.22. The third-order valence-corrected chi connectivity index (χ3v) is 5.00. The van der Waals surface area contributed by atoms with Gasteiger partial charge in [0.2, 0.25) is 10.0 Å². The Hall–Kier alpha value is -1.31. The van der Waals surface area contributed by atoms with Crippen LogP contribution >= 0.6 is 0 Å². The van der Waals surface area contributed by atoms with E-state index in [1.165, 1.54) is 26.4 Å². The van der Waals surface area contributed by atoms with E-state index in [2.05, 4.69) is 10.0 Å². The molecule has 1 heterocycles. The van der Waals surface area contributed by atoms with Crippen LogP contribution in [0.4, 0.5) is 0 Å². The summed E-state index contributed by atoms with van der Waals surface area (Å²) in [5, 5.41) is 3.27. The summed E-state index contributed by atoms with van der Waals surface area (Å²) < 4.78 is 37.6. The molecule has 1 atom stereocenters. The average Bonchev–Trinajstić information content (AvgIpc) is 2.53. The molecular weight excluding hydrogens is 292 g/mol. The largest absolute Gasteiger partial charge is 0.497 e. The molecule has 7 heteroatoms. The van der Waals surface area contributed by atoms with E-state index in [4.69, 9.17) is 9.47 Å². The summed E-state index contributed by atoms with van der Waals surface area (Å²) in [5.41, 5.74) is 0. The minimum absolute atomic E-state index is 0.155. The number of methoxy groups -OCH3 is 2. The van der Waals surface area contributed by atoms with E-state index in [1.54, 1.807) is 6.07 Å². The first-order chi connectivity index (χ1) is 10.0. The van der Waals surface area contributed by atoms with Crippen molar-refractivity contribution < 1.29 is 17.9 Å². The molecule has 0 aromatic heterocycles. The first-order valence-electron chi connectivity index (χ1n) is 6.98. The molecule has 0 radical (unpaired) electrons. The van der Waals surface area contributed by atoms with E-state index in [1.807, 2.05) is 0 Å². The molecule has 0 aliphatic carbocycles. The number of benzene rings is 1.